The fraction of sp³-hybridized carbons (Fsp3) is 0.750. The van der Waals surface area contributed by atoms with E-state index in [0.717, 1.165) is 11.8 Å². The molecule has 0 heteroatoms. The van der Waals surface area contributed by atoms with E-state index in [2.05, 4.69) is 39.0 Å². The Hall–Kier alpha value is -0.520. The Labute approximate surface area is 101 Å². The predicted molar refractivity (Wildman–Crippen MR) is 71.4 cm³/mol. The Morgan fingerprint density at radius 1 is 1.38 bits per heavy atom. The summed E-state index contributed by atoms with van der Waals surface area (Å²) in [7, 11) is 0. The molecule has 0 N–H and O–H groups in total. The van der Waals surface area contributed by atoms with Crippen molar-refractivity contribution in [2.75, 3.05) is 0 Å². The second-order valence-corrected chi connectivity index (χ2v) is 5.84. The van der Waals surface area contributed by atoms with Crippen LogP contribution in [-0.2, 0) is 0 Å². The Kier molecular flexibility index (Phi) is 3.56. The minimum absolute atomic E-state index is 0.579. The molecular formula is C16H26. The van der Waals surface area contributed by atoms with Crippen molar-refractivity contribution in [1.82, 2.24) is 0 Å². The SMILES string of the molecule is CCCCC=C(C)C1CC2(CC)C=CC1C2. The quantitative estimate of drug-likeness (QED) is 0.444. The van der Waals surface area contributed by atoms with Crippen molar-refractivity contribution in [3.8, 4) is 0 Å². The highest BCUT2D eigenvalue weighted by Gasteiger charge is 2.45. The summed E-state index contributed by atoms with van der Waals surface area (Å²) in [6.07, 6.45) is 15.6. The highest BCUT2D eigenvalue weighted by molar-refractivity contribution is 5.24. The second kappa shape index (κ2) is 4.77. The maximum Gasteiger partial charge on any atom is -0.0109 e. The largest absolute Gasteiger partial charge is 0.0853 e. The zero-order chi connectivity index (χ0) is 11.6. The van der Waals surface area contributed by atoms with Gasteiger partial charge in [0.15, 0.2) is 0 Å². The first-order chi connectivity index (χ1) is 7.71. The van der Waals surface area contributed by atoms with Crippen LogP contribution in [0.1, 0.15) is 59.3 Å². The molecule has 0 amide bonds. The fourth-order valence-electron chi connectivity index (χ4n) is 3.54. The van der Waals surface area contributed by atoms with Crippen LogP contribution in [0.4, 0.5) is 0 Å². The molecule has 1 saturated carbocycles. The van der Waals surface area contributed by atoms with Gasteiger partial charge >= 0.3 is 0 Å². The van der Waals surface area contributed by atoms with Crippen LogP contribution in [0.5, 0.6) is 0 Å². The molecule has 2 rings (SSSR count). The van der Waals surface area contributed by atoms with E-state index < -0.39 is 0 Å². The Morgan fingerprint density at radius 3 is 2.81 bits per heavy atom. The highest BCUT2D eigenvalue weighted by Crippen LogP contribution is 2.56. The third-order valence-corrected chi connectivity index (χ3v) is 4.80. The molecule has 0 heterocycles. The van der Waals surface area contributed by atoms with Gasteiger partial charge in [-0.2, -0.15) is 0 Å². The van der Waals surface area contributed by atoms with E-state index in [1.807, 2.05) is 0 Å². The van der Waals surface area contributed by atoms with Crippen molar-refractivity contribution >= 4 is 0 Å². The van der Waals surface area contributed by atoms with Crippen molar-refractivity contribution < 1.29 is 0 Å². The standard InChI is InChI=1S/C16H26/c1-4-6-7-8-13(3)15-12-16(5-2)10-9-14(15)11-16/h8-10,14-15H,4-7,11-12H2,1-3H3. The van der Waals surface area contributed by atoms with E-state index in [1.54, 1.807) is 5.57 Å². The van der Waals surface area contributed by atoms with Gasteiger partial charge in [0.05, 0.1) is 0 Å². The van der Waals surface area contributed by atoms with E-state index in [1.165, 1.54) is 38.5 Å². The summed E-state index contributed by atoms with van der Waals surface area (Å²) in [6.45, 7) is 6.99. The molecule has 0 aromatic heterocycles. The Bertz CT molecular complexity index is 297. The molecule has 0 nitrogen and oxygen atoms in total. The summed E-state index contributed by atoms with van der Waals surface area (Å²) in [4.78, 5) is 0. The molecule has 3 unspecified atom stereocenters. The zero-order valence-corrected chi connectivity index (χ0v) is 11.1. The summed E-state index contributed by atoms with van der Waals surface area (Å²) >= 11 is 0. The van der Waals surface area contributed by atoms with Gasteiger partial charge in [-0.05, 0) is 49.9 Å². The number of hydrogen-bond acceptors (Lipinski definition) is 0. The third kappa shape index (κ3) is 2.12. The lowest BCUT2D eigenvalue weighted by Gasteiger charge is -2.25. The normalized spacial score (nSPS) is 37.3. The molecule has 2 aliphatic carbocycles. The van der Waals surface area contributed by atoms with Crippen LogP contribution in [-0.4, -0.2) is 0 Å². The lowest BCUT2D eigenvalue weighted by molar-refractivity contribution is 0.373. The topological polar surface area (TPSA) is 0 Å². The van der Waals surface area contributed by atoms with Gasteiger partial charge in [0.25, 0.3) is 0 Å². The number of hydrogen-bond donors (Lipinski definition) is 0. The third-order valence-electron chi connectivity index (χ3n) is 4.80. The lowest BCUT2D eigenvalue weighted by atomic mass is 9.80. The molecule has 0 spiro atoms. The first kappa shape index (κ1) is 12.0. The fourth-order valence-corrected chi connectivity index (χ4v) is 3.54. The monoisotopic (exact) mass is 218 g/mol. The van der Waals surface area contributed by atoms with Crippen LogP contribution in [0.25, 0.3) is 0 Å². The number of unbranched alkanes of at least 4 members (excludes halogenated alkanes) is 2. The van der Waals surface area contributed by atoms with E-state index in [4.69, 9.17) is 0 Å². The van der Waals surface area contributed by atoms with Crippen molar-refractivity contribution in [2.24, 2.45) is 17.3 Å². The van der Waals surface area contributed by atoms with Crippen molar-refractivity contribution in [1.29, 1.82) is 0 Å². The number of fused-ring (bicyclic) bond motifs is 2. The van der Waals surface area contributed by atoms with Crippen LogP contribution in [0.3, 0.4) is 0 Å². The van der Waals surface area contributed by atoms with Gasteiger partial charge in [-0.3, -0.25) is 0 Å². The molecule has 2 bridgehead atoms. The molecule has 16 heavy (non-hydrogen) atoms. The van der Waals surface area contributed by atoms with Crippen molar-refractivity contribution in [3.63, 3.8) is 0 Å². The van der Waals surface area contributed by atoms with Crippen LogP contribution in [0.15, 0.2) is 23.8 Å². The lowest BCUT2D eigenvalue weighted by Crippen LogP contribution is -2.14. The molecule has 2 aliphatic rings. The first-order valence-electron chi connectivity index (χ1n) is 7.07. The van der Waals surface area contributed by atoms with E-state index in [0.29, 0.717) is 5.41 Å². The molecule has 0 saturated heterocycles. The summed E-state index contributed by atoms with van der Waals surface area (Å²) < 4.78 is 0. The molecule has 1 fully saturated rings. The van der Waals surface area contributed by atoms with Crippen molar-refractivity contribution in [3.05, 3.63) is 23.8 Å². The average molecular weight is 218 g/mol. The number of rotatable bonds is 5. The second-order valence-electron chi connectivity index (χ2n) is 5.84. The highest BCUT2D eigenvalue weighted by atomic mass is 14.5. The Balaban J connectivity index is 1.98. The van der Waals surface area contributed by atoms with Gasteiger partial charge in [-0.1, -0.05) is 50.5 Å². The van der Waals surface area contributed by atoms with Gasteiger partial charge < -0.3 is 0 Å². The first-order valence-corrected chi connectivity index (χ1v) is 7.07. The molecule has 90 valence electrons. The van der Waals surface area contributed by atoms with Crippen LogP contribution >= 0.6 is 0 Å². The van der Waals surface area contributed by atoms with Gasteiger partial charge in [-0.25, -0.2) is 0 Å². The summed E-state index contributed by atoms with van der Waals surface area (Å²) in [5, 5.41) is 0. The summed E-state index contributed by atoms with van der Waals surface area (Å²) in [5.74, 6) is 1.72. The minimum Gasteiger partial charge on any atom is -0.0853 e. The smallest absolute Gasteiger partial charge is 0.0109 e. The predicted octanol–water partition coefficient (Wildman–Crippen LogP) is 5.12. The Morgan fingerprint density at radius 2 is 2.19 bits per heavy atom. The molecule has 0 radical (unpaired) electrons. The van der Waals surface area contributed by atoms with Crippen LogP contribution in [0.2, 0.25) is 0 Å². The molecule has 0 aromatic carbocycles. The van der Waals surface area contributed by atoms with Crippen LogP contribution < -0.4 is 0 Å². The summed E-state index contributed by atoms with van der Waals surface area (Å²) in [5.41, 5.74) is 2.24. The van der Waals surface area contributed by atoms with Gasteiger partial charge in [-0.15, -0.1) is 0 Å². The summed E-state index contributed by atoms with van der Waals surface area (Å²) in [6, 6.07) is 0. The van der Waals surface area contributed by atoms with Gasteiger partial charge in [0.2, 0.25) is 0 Å². The molecule has 3 atom stereocenters. The van der Waals surface area contributed by atoms with E-state index in [-0.39, 0.29) is 0 Å². The zero-order valence-electron chi connectivity index (χ0n) is 11.1. The minimum atomic E-state index is 0.579. The van der Waals surface area contributed by atoms with E-state index >= 15 is 0 Å². The maximum atomic E-state index is 2.51. The average Bonchev–Trinajstić information content (AvgIpc) is 2.87. The van der Waals surface area contributed by atoms with Gasteiger partial charge in [0.1, 0.15) is 0 Å². The molecular weight excluding hydrogens is 192 g/mol. The van der Waals surface area contributed by atoms with Gasteiger partial charge in [0, 0.05) is 0 Å². The maximum absolute atomic E-state index is 2.51. The van der Waals surface area contributed by atoms with E-state index in [9.17, 15) is 0 Å². The number of allylic oxidation sites excluding steroid dienone is 4. The molecule has 0 aromatic rings. The van der Waals surface area contributed by atoms with Crippen LogP contribution in [0, 0.1) is 17.3 Å². The van der Waals surface area contributed by atoms with Crippen molar-refractivity contribution in [2.45, 2.75) is 59.3 Å². The molecule has 0 aliphatic heterocycles.